The van der Waals surface area contributed by atoms with Gasteiger partial charge in [0.15, 0.2) is 6.61 Å². The number of methoxy groups -OCH3 is 1. The average molecular weight is 320 g/mol. The molecule has 7 heteroatoms. The van der Waals surface area contributed by atoms with Crippen LogP contribution < -0.4 is 9.47 Å². The maximum atomic E-state index is 11.8. The Morgan fingerprint density at radius 2 is 2.22 bits per heavy atom. The fraction of sp³-hybridized carbons (Fsp3) is 0.500. The number of nitrogens with zero attached hydrogens (tertiary/aromatic N) is 2. The first-order chi connectivity index (χ1) is 11.0. The van der Waals surface area contributed by atoms with Crippen LogP contribution in [0.1, 0.15) is 22.8 Å². The average Bonchev–Trinajstić information content (AvgIpc) is 2.89. The number of ketones is 1. The first-order valence-electron chi connectivity index (χ1n) is 7.59. The third-order valence-corrected chi connectivity index (χ3v) is 4.42. The topological polar surface area (TPSA) is 79.3 Å². The molecule has 1 saturated heterocycles. The van der Waals surface area contributed by atoms with Crippen molar-refractivity contribution in [1.82, 2.24) is 9.80 Å². The fourth-order valence-corrected chi connectivity index (χ4v) is 3.24. The van der Waals surface area contributed by atoms with Gasteiger partial charge in [-0.2, -0.15) is 0 Å². The van der Waals surface area contributed by atoms with E-state index < -0.39 is 6.09 Å². The third kappa shape index (κ3) is 2.84. The van der Waals surface area contributed by atoms with Gasteiger partial charge in [0, 0.05) is 32.2 Å². The van der Waals surface area contributed by atoms with Crippen molar-refractivity contribution >= 4 is 11.9 Å². The van der Waals surface area contributed by atoms with Gasteiger partial charge in [-0.05, 0) is 19.1 Å². The van der Waals surface area contributed by atoms with Crippen LogP contribution in [-0.2, 0) is 6.54 Å². The van der Waals surface area contributed by atoms with E-state index in [2.05, 4.69) is 4.90 Å². The molecule has 0 spiro atoms. The standard InChI is InChI=1S/C16H20N2O5/c1-10-7-17(5-6-18(10)16(20)21)8-12-14(22-2)4-3-11-13(19)9-23-15(11)12/h3-4,10H,5-9H2,1-2H3,(H,20,21)/t10-/m0/s1. The van der Waals surface area contributed by atoms with Crippen molar-refractivity contribution in [3.8, 4) is 11.5 Å². The van der Waals surface area contributed by atoms with E-state index in [4.69, 9.17) is 14.6 Å². The van der Waals surface area contributed by atoms with E-state index in [1.165, 1.54) is 4.90 Å². The van der Waals surface area contributed by atoms with Gasteiger partial charge in [0.25, 0.3) is 0 Å². The molecule has 124 valence electrons. The Hall–Kier alpha value is -2.28. The largest absolute Gasteiger partial charge is 0.496 e. The van der Waals surface area contributed by atoms with E-state index in [1.54, 1.807) is 19.2 Å². The number of fused-ring (bicyclic) bond motifs is 1. The van der Waals surface area contributed by atoms with Crippen LogP contribution in [0.15, 0.2) is 12.1 Å². The van der Waals surface area contributed by atoms with Gasteiger partial charge in [-0.25, -0.2) is 4.79 Å². The molecule has 0 saturated carbocycles. The summed E-state index contributed by atoms with van der Waals surface area (Å²) in [5.74, 6) is 1.27. The molecular formula is C16H20N2O5. The zero-order valence-corrected chi connectivity index (χ0v) is 13.2. The molecule has 1 aromatic carbocycles. The minimum absolute atomic E-state index is 0.0204. The zero-order chi connectivity index (χ0) is 16.6. The molecule has 2 heterocycles. The van der Waals surface area contributed by atoms with E-state index in [-0.39, 0.29) is 18.4 Å². The molecule has 1 fully saturated rings. The lowest BCUT2D eigenvalue weighted by molar-refractivity contribution is 0.0704. The minimum atomic E-state index is -0.885. The molecule has 1 N–H and O–H groups in total. The zero-order valence-electron chi connectivity index (χ0n) is 13.2. The molecule has 1 amide bonds. The van der Waals surface area contributed by atoms with Gasteiger partial charge in [0.2, 0.25) is 5.78 Å². The number of benzene rings is 1. The number of carboxylic acid groups (broad SMARTS) is 1. The molecule has 0 aliphatic carbocycles. The number of carbonyl (C=O) groups is 2. The second-order valence-corrected chi connectivity index (χ2v) is 5.90. The van der Waals surface area contributed by atoms with Crippen LogP contribution in [0.4, 0.5) is 4.79 Å². The van der Waals surface area contributed by atoms with Gasteiger partial charge in [-0.1, -0.05) is 0 Å². The summed E-state index contributed by atoms with van der Waals surface area (Å²) in [5, 5.41) is 9.15. The van der Waals surface area contributed by atoms with E-state index in [0.29, 0.717) is 43.2 Å². The minimum Gasteiger partial charge on any atom is -0.496 e. The molecular weight excluding hydrogens is 300 g/mol. The highest BCUT2D eigenvalue weighted by Gasteiger charge is 2.31. The van der Waals surface area contributed by atoms with Crippen molar-refractivity contribution in [2.24, 2.45) is 0 Å². The number of ether oxygens (including phenoxy) is 2. The Morgan fingerprint density at radius 3 is 2.87 bits per heavy atom. The first kappa shape index (κ1) is 15.6. The third-order valence-electron chi connectivity index (χ3n) is 4.42. The van der Waals surface area contributed by atoms with Gasteiger partial charge in [-0.15, -0.1) is 0 Å². The van der Waals surface area contributed by atoms with E-state index in [9.17, 15) is 9.59 Å². The first-order valence-corrected chi connectivity index (χ1v) is 7.59. The number of Topliss-reactive ketones (excluding diaryl/α,β-unsaturated/α-hetero) is 1. The lowest BCUT2D eigenvalue weighted by Crippen LogP contribution is -2.53. The lowest BCUT2D eigenvalue weighted by atomic mass is 10.0. The second-order valence-electron chi connectivity index (χ2n) is 5.90. The summed E-state index contributed by atoms with van der Waals surface area (Å²) in [4.78, 5) is 26.6. The number of rotatable bonds is 3. The summed E-state index contributed by atoms with van der Waals surface area (Å²) >= 11 is 0. The van der Waals surface area contributed by atoms with Gasteiger partial charge in [0.1, 0.15) is 11.5 Å². The van der Waals surface area contributed by atoms with Gasteiger partial charge < -0.3 is 19.5 Å². The van der Waals surface area contributed by atoms with Crippen LogP contribution in [0.3, 0.4) is 0 Å². The molecule has 2 aliphatic rings. The van der Waals surface area contributed by atoms with Crippen LogP contribution in [0.25, 0.3) is 0 Å². The van der Waals surface area contributed by atoms with Crippen LogP contribution in [0, 0.1) is 0 Å². The van der Waals surface area contributed by atoms with Crippen molar-refractivity contribution in [1.29, 1.82) is 0 Å². The van der Waals surface area contributed by atoms with Crippen molar-refractivity contribution in [3.63, 3.8) is 0 Å². The number of hydrogen-bond donors (Lipinski definition) is 1. The fourth-order valence-electron chi connectivity index (χ4n) is 3.24. The van der Waals surface area contributed by atoms with Gasteiger partial charge in [0.05, 0.1) is 18.2 Å². The molecule has 0 bridgehead atoms. The number of amides is 1. The van der Waals surface area contributed by atoms with Gasteiger partial charge in [-0.3, -0.25) is 9.69 Å². The summed E-state index contributed by atoms with van der Waals surface area (Å²) in [6.07, 6.45) is -0.885. The molecule has 2 aliphatic heterocycles. The smallest absolute Gasteiger partial charge is 0.407 e. The number of hydrogen-bond acceptors (Lipinski definition) is 5. The Morgan fingerprint density at radius 1 is 1.43 bits per heavy atom. The molecule has 23 heavy (non-hydrogen) atoms. The second kappa shape index (κ2) is 6.08. The highest BCUT2D eigenvalue weighted by atomic mass is 16.5. The normalized spacial score (nSPS) is 21.0. The maximum Gasteiger partial charge on any atom is 0.407 e. The Kier molecular flexibility index (Phi) is 4.12. The molecule has 7 nitrogen and oxygen atoms in total. The van der Waals surface area contributed by atoms with Crippen molar-refractivity contribution < 1.29 is 24.2 Å². The summed E-state index contributed by atoms with van der Waals surface area (Å²) in [7, 11) is 1.59. The molecule has 0 aromatic heterocycles. The van der Waals surface area contributed by atoms with E-state index >= 15 is 0 Å². The Balaban J connectivity index is 1.81. The molecule has 1 atom stereocenters. The summed E-state index contributed by atoms with van der Waals surface area (Å²) in [6, 6.07) is 3.45. The lowest BCUT2D eigenvalue weighted by Gasteiger charge is -2.38. The highest BCUT2D eigenvalue weighted by molar-refractivity contribution is 6.03. The predicted octanol–water partition coefficient (Wildman–Crippen LogP) is 1.45. The Labute approximate surface area is 134 Å². The number of piperazine rings is 1. The van der Waals surface area contributed by atoms with E-state index in [0.717, 1.165) is 5.56 Å². The summed E-state index contributed by atoms with van der Waals surface area (Å²) < 4.78 is 11.0. The quantitative estimate of drug-likeness (QED) is 0.908. The molecule has 3 rings (SSSR count). The molecule has 0 radical (unpaired) electrons. The van der Waals surface area contributed by atoms with Crippen molar-refractivity contribution in [2.45, 2.75) is 19.5 Å². The Bertz CT molecular complexity index is 646. The summed E-state index contributed by atoms with van der Waals surface area (Å²) in [5.41, 5.74) is 1.45. The number of carbonyl (C=O) groups excluding carboxylic acids is 1. The van der Waals surface area contributed by atoms with Gasteiger partial charge >= 0.3 is 6.09 Å². The summed E-state index contributed by atoms with van der Waals surface area (Å²) in [6.45, 7) is 4.27. The van der Waals surface area contributed by atoms with Crippen molar-refractivity contribution in [2.75, 3.05) is 33.4 Å². The molecule has 0 unspecified atom stereocenters. The van der Waals surface area contributed by atoms with E-state index in [1.807, 2.05) is 6.92 Å². The maximum absolute atomic E-state index is 11.8. The predicted molar refractivity (Wildman–Crippen MR) is 82.3 cm³/mol. The highest BCUT2D eigenvalue weighted by Crippen LogP contribution is 2.37. The molecule has 1 aromatic rings. The van der Waals surface area contributed by atoms with Crippen LogP contribution in [-0.4, -0.2) is 66.2 Å². The van der Waals surface area contributed by atoms with Crippen LogP contribution >= 0.6 is 0 Å². The van der Waals surface area contributed by atoms with Crippen LogP contribution in [0.5, 0.6) is 11.5 Å². The monoisotopic (exact) mass is 320 g/mol. The van der Waals surface area contributed by atoms with Crippen LogP contribution in [0.2, 0.25) is 0 Å². The SMILES string of the molecule is COc1ccc2c(c1CN1CCN(C(=O)O)[C@@H](C)C1)OCC2=O. The van der Waals surface area contributed by atoms with Crippen molar-refractivity contribution in [3.05, 3.63) is 23.3 Å².